The van der Waals surface area contributed by atoms with Gasteiger partial charge in [0.25, 0.3) is 0 Å². The lowest BCUT2D eigenvalue weighted by atomic mass is 9.88. The van der Waals surface area contributed by atoms with E-state index in [1.54, 1.807) is 20.9 Å². The predicted octanol–water partition coefficient (Wildman–Crippen LogP) is 6.39. The summed E-state index contributed by atoms with van der Waals surface area (Å²) in [6.07, 6.45) is 6.56. The molecule has 0 saturated heterocycles. The minimum Gasteiger partial charge on any atom is -0.287 e. The van der Waals surface area contributed by atoms with Crippen LogP contribution in [0, 0.1) is 13.8 Å². The average Bonchev–Trinajstić information content (AvgIpc) is 3.10. The molecule has 0 saturated carbocycles. The minimum atomic E-state index is 0.403. The lowest BCUT2D eigenvalue weighted by Gasteiger charge is -2.37. The molecule has 0 N–H and O–H groups in total. The minimum absolute atomic E-state index is 0.403. The Bertz CT molecular complexity index is 985. The highest BCUT2D eigenvalue weighted by molar-refractivity contribution is 7.12. The number of benzene rings is 2. The van der Waals surface area contributed by atoms with Gasteiger partial charge in [-0.05, 0) is 73.8 Å². The van der Waals surface area contributed by atoms with Gasteiger partial charge in [0.15, 0.2) is 0 Å². The second-order valence-corrected chi connectivity index (χ2v) is 9.65. The molecule has 1 aromatic heterocycles. The SMILES string of the molecule is Cc1ccc(C)c(CN2CCc3c(sc4c3CCCC4)C2c2ccccc2)c1. The van der Waals surface area contributed by atoms with E-state index >= 15 is 0 Å². The van der Waals surface area contributed by atoms with Crippen LogP contribution in [0.25, 0.3) is 0 Å². The monoisotopic (exact) mass is 387 g/mol. The first-order valence-electron chi connectivity index (χ1n) is 10.7. The molecule has 1 nitrogen and oxygen atoms in total. The molecule has 1 atom stereocenters. The highest BCUT2D eigenvalue weighted by Gasteiger charge is 2.34. The molecule has 0 bridgehead atoms. The number of hydrogen-bond acceptors (Lipinski definition) is 2. The van der Waals surface area contributed by atoms with Crippen LogP contribution in [0.3, 0.4) is 0 Å². The zero-order chi connectivity index (χ0) is 19.1. The Morgan fingerprint density at radius 2 is 1.75 bits per heavy atom. The average molecular weight is 388 g/mol. The molecule has 2 heterocycles. The first kappa shape index (κ1) is 18.1. The molecule has 0 fully saturated rings. The van der Waals surface area contributed by atoms with E-state index in [0.717, 1.165) is 13.1 Å². The number of hydrogen-bond donors (Lipinski definition) is 0. The summed E-state index contributed by atoms with van der Waals surface area (Å²) in [7, 11) is 0. The number of aryl methyl sites for hydroxylation is 3. The van der Waals surface area contributed by atoms with Gasteiger partial charge in [0, 0.05) is 22.8 Å². The van der Waals surface area contributed by atoms with Gasteiger partial charge in [-0.3, -0.25) is 4.90 Å². The van der Waals surface area contributed by atoms with Crippen LogP contribution >= 0.6 is 11.3 Å². The molecule has 0 spiro atoms. The van der Waals surface area contributed by atoms with Gasteiger partial charge in [-0.15, -0.1) is 11.3 Å². The quantitative estimate of drug-likeness (QED) is 0.503. The standard InChI is InChI=1S/C26H29NS/c1-18-12-13-19(2)21(16-18)17-27-15-14-23-22-10-6-7-11-24(22)28-26(23)25(27)20-8-4-3-5-9-20/h3-5,8-9,12-13,16,25H,6-7,10-11,14-15,17H2,1-2H3. The molecule has 2 aromatic carbocycles. The fourth-order valence-electron chi connectivity index (χ4n) is 5.06. The third-order valence-electron chi connectivity index (χ3n) is 6.57. The van der Waals surface area contributed by atoms with Crippen molar-refractivity contribution in [3.05, 3.63) is 91.7 Å². The first-order valence-corrected chi connectivity index (χ1v) is 11.5. The summed E-state index contributed by atoms with van der Waals surface area (Å²) in [6, 6.07) is 18.5. The number of thiophene rings is 1. The molecular formula is C26H29NS. The van der Waals surface area contributed by atoms with Gasteiger partial charge in [0.1, 0.15) is 0 Å². The van der Waals surface area contributed by atoms with Crippen LogP contribution in [-0.4, -0.2) is 11.4 Å². The Hall–Kier alpha value is -1.90. The normalized spacial score (nSPS) is 19.3. The molecule has 5 rings (SSSR count). The van der Waals surface area contributed by atoms with Gasteiger partial charge in [0.05, 0.1) is 6.04 Å². The van der Waals surface area contributed by atoms with Gasteiger partial charge >= 0.3 is 0 Å². The molecule has 144 valence electrons. The van der Waals surface area contributed by atoms with E-state index in [4.69, 9.17) is 0 Å². The van der Waals surface area contributed by atoms with Gasteiger partial charge in [-0.1, -0.05) is 54.1 Å². The Kier molecular flexibility index (Phi) is 4.86. The Morgan fingerprint density at radius 1 is 0.929 bits per heavy atom. The summed E-state index contributed by atoms with van der Waals surface area (Å²) < 4.78 is 0. The molecule has 2 heteroatoms. The maximum Gasteiger partial charge on any atom is 0.0702 e. The van der Waals surface area contributed by atoms with Crippen LogP contribution < -0.4 is 0 Å². The zero-order valence-electron chi connectivity index (χ0n) is 17.0. The lowest BCUT2D eigenvalue weighted by molar-refractivity contribution is 0.207. The highest BCUT2D eigenvalue weighted by Crippen LogP contribution is 2.45. The fraction of sp³-hybridized carbons (Fsp3) is 0.385. The molecular weight excluding hydrogens is 358 g/mol. The highest BCUT2D eigenvalue weighted by atomic mass is 32.1. The van der Waals surface area contributed by atoms with E-state index in [1.165, 1.54) is 54.4 Å². The summed E-state index contributed by atoms with van der Waals surface area (Å²) in [5, 5.41) is 0. The second-order valence-electron chi connectivity index (χ2n) is 8.52. The zero-order valence-corrected chi connectivity index (χ0v) is 17.8. The van der Waals surface area contributed by atoms with Gasteiger partial charge in [-0.2, -0.15) is 0 Å². The van der Waals surface area contributed by atoms with Crippen molar-refractivity contribution in [1.29, 1.82) is 0 Å². The summed E-state index contributed by atoms with van der Waals surface area (Å²) in [4.78, 5) is 6.04. The van der Waals surface area contributed by atoms with Crippen molar-refractivity contribution in [1.82, 2.24) is 4.90 Å². The van der Waals surface area contributed by atoms with E-state index in [9.17, 15) is 0 Å². The number of rotatable bonds is 3. The number of nitrogens with zero attached hydrogens (tertiary/aromatic N) is 1. The molecule has 2 aliphatic rings. The van der Waals surface area contributed by atoms with Crippen molar-refractivity contribution in [2.45, 2.75) is 58.5 Å². The van der Waals surface area contributed by atoms with Crippen LogP contribution in [0.5, 0.6) is 0 Å². The van der Waals surface area contributed by atoms with Crippen molar-refractivity contribution in [2.75, 3.05) is 6.54 Å². The van der Waals surface area contributed by atoms with Crippen LogP contribution in [0.15, 0.2) is 48.5 Å². The molecule has 1 aliphatic carbocycles. The second kappa shape index (κ2) is 7.50. The summed E-state index contributed by atoms with van der Waals surface area (Å²) in [5.74, 6) is 0. The summed E-state index contributed by atoms with van der Waals surface area (Å²) in [6.45, 7) is 6.66. The van der Waals surface area contributed by atoms with Gasteiger partial charge in [0.2, 0.25) is 0 Å². The molecule has 0 amide bonds. The topological polar surface area (TPSA) is 3.24 Å². The van der Waals surface area contributed by atoms with E-state index < -0.39 is 0 Å². The lowest BCUT2D eigenvalue weighted by Crippen LogP contribution is -2.35. The number of fused-ring (bicyclic) bond motifs is 3. The van der Waals surface area contributed by atoms with Crippen molar-refractivity contribution in [3.8, 4) is 0 Å². The smallest absolute Gasteiger partial charge is 0.0702 e. The fourth-order valence-corrected chi connectivity index (χ4v) is 6.66. The molecule has 0 radical (unpaired) electrons. The maximum atomic E-state index is 2.72. The first-order chi connectivity index (χ1) is 13.7. The van der Waals surface area contributed by atoms with E-state index in [1.807, 2.05) is 0 Å². The van der Waals surface area contributed by atoms with Crippen LogP contribution in [-0.2, 0) is 25.8 Å². The third kappa shape index (κ3) is 3.23. The van der Waals surface area contributed by atoms with E-state index in [2.05, 4.69) is 78.6 Å². The van der Waals surface area contributed by atoms with E-state index in [0.29, 0.717) is 6.04 Å². The summed E-state index contributed by atoms with van der Waals surface area (Å²) in [5.41, 5.74) is 9.12. The van der Waals surface area contributed by atoms with Crippen LogP contribution in [0.2, 0.25) is 0 Å². The van der Waals surface area contributed by atoms with Crippen LogP contribution in [0.1, 0.15) is 62.0 Å². The molecule has 1 unspecified atom stereocenters. The summed E-state index contributed by atoms with van der Waals surface area (Å²) >= 11 is 2.12. The van der Waals surface area contributed by atoms with Crippen molar-refractivity contribution in [2.24, 2.45) is 0 Å². The molecule has 1 aliphatic heterocycles. The van der Waals surface area contributed by atoms with Crippen molar-refractivity contribution in [3.63, 3.8) is 0 Å². The van der Waals surface area contributed by atoms with Crippen LogP contribution in [0.4, 0.5) is 0 Å². The molecule has 28 heavy (non-hydrogen) atoms. The Morgan fingerprint density at radius 3 is 2.61 bits per heavy atom. The maximum absolute atomic E-state index is 2.72. The predicted molar refractivity (Wildman–Crippen MR) is 119 cm³/mol. The third-order valence-corrected chi connectivity index (χ3v) is 7.95. The van der Waals surface area contributed by atoms with Crippen molar-refractivity contribution < 1.29 is 0 Å². The van der Waals surface area contributed by atoms with Crippen molar-refractivity contribution >= 4 is 11.3 Å². The van der Waals surface area contributed by atoms with Gasteiger partial charge in [-0.25, -0.2) is 0 Å². The Balaban J connectivity index is 1.58. The van der Waals surface area contributed by atoms with E-state index in [-0.39, 0.29) is 0 Å². The largest absolute Gasteiger partial charge is 0.287 e. The Labute approximate surface area is 173 Å². The molecule has 3 aromatic rings. The van der Waals surface area contributed by atoms with Gasteiger partial charge < -0.3 is 0 Å².